The molecule has 0 N–H and O–H groups in total. The van der Waals surface area contributed by atoms with Gasteiger partial charge in [0.1, 0.15) is 12.4 Å². The van der Waals surface area contributed by atoms with Crippen LogP contribution in [0.1, 0.15) is 29.5 Å². The summed E-state index contributed by atoms with van der Waals surface area (Å²) in [6.45, 7) is -0.333. The van der Waals surface area contributed by atoms with E-state index in [1.165, 1.54) is 16.7 Å². The van der Waals surface area contributed by atoms with Crippen molar-refractivity contribution < 1.29 is 18.4 Å². The van der Waals surface area contributed by atoms with Gasteiger partial charge in [-0.25, -0.2) is 0 Å². The second kappa shape index (κ2) is 8.66. The number of ether oxygens (including phenoxy) is 1. The van der Waals surface area contributed by atoms with Gasteiger partial charge in [-0.3, -0.25) is 0 Å². The molecule has 3 nitrogen and oxygen atoms in total. The number of hydrogen-bond acceptors (Lipinski definition) is 3. The first-order valence-corrected chi connectivity index (χ1v) is 9.93. The average Bonchev–Trinajstić information content (AvgIpc) is 3.54. The molecule has 0 bridgehead atoms. The van der Waals surface area contributed by atoms with Gasteiger partial charge in [0.05, 0.1) is 6.21 Å². The van der Waals surface area contributed by atoms with Crippen molar-refractivity contribution in [1.29, 1.82) is 0 Å². The second-order valence-electron chi connectivity index (χ2n) is 7.52. The first-order valence-electron chi connectivity index (χ1n) is 9.93. The summed E-state index contributed by atoms with van der Waals surface area (Å²) in [7, 11) is 0. The van der Waals surface area contributed by atoms with E-state index in [2.05, 4.69) is 35.0 Å². The molecule has 5 heteroatoms. The van der Waals surface area contributed by atoms with Crippen LogP contribution in [0.25, 0.3) is 11.1 Å². The molecule has 0 amide bonds. The van der Waals surface area contributed by atoms with E-state index in [9.17, 15) is 8.78 Å². The van der Waals surface area contributed by atoms with Crippen molar-refractivity contribution in [2.75, 3.05) is 0 Å². The molecule has 4 rings (SSSR count). The molecule has 30 heavy (non-hydrogen) atoms. The van der Waals surface area contributed by atoms with Crippen LogP contribution in [0, 0.1) is 6.92 Å². The fourth-order valence-electron chi connectivity index (χ4n) is 3.61. The Balaban J connectivity index is 1.40. The number of halogens is 2. The number of hydrogen-bond donors (Lipinski definition) is 0. The molecule has 0 heterocycles. The molecule has 0 radical (unpaired) electrons. The third-order valence-electron chi connectivity index (χ3n) is 5.57. The monoisotopic (exact) mass is 407 g/mol. The van der Waals surface area contributed by atoms with Crippen molar-refractivity contribution in [2.24, 2.45) is 5.16 Å². The lowest BCUT2D eigenvalue weighted by Crippen LogP contribution is -2.09. The van der Waals surface area contributed by atoms with Crippen LogP contribution >= 0.6 is 0 Å². The minimum absolute atomic E-state index is 0.159. The van der Waals surface area contributed by atoms with Crippen LogP contribution in [0.2, 0.25) is 0 Å². The second-order valence-corrected chi connectivity index (χ2v) is 7.52. The topological polar surface area (TPSA) is 30.8 Å². The quantitative estimate of drug-likeness (QED) is 0.315. The van der Waals surface area contributed by atoms with Gasteiger partial charge in [0.2, 0.25) is 0 Å². The molecule has 0 atom stereocenters. The van der Waals surface area contributed by atoms with E-state index < -0.39 is 6.61 Å². The van der Waals surface area contributed by atoms with Crippen molar-refractivity contribution in [1.82, 2.24) is 0 Å². The van der Waals surface area contributed by atoms with E-state index in [0.717, 1.165) is 24.0 Å². The molecule has 154 valence electrons. The first-order chi connectivity index (χ1) is 14.6. The molecule has 1 saturated carbocycles. The summed E-state index contributed by atoms with van der Waals surface area (Å²) in [4.78, 5) is 5.61. The number of rotatable bonds is 8. The van der Waals surface area contributed by atoms with Gasteiger partial charge >= 0.3 is 6.61 Å². The van der Waals surface area contributed by atoms with Gasteiger partial charge in [0.15, 0.2) is 0 Å². The third kappa shape index (κ3) is 4.51. The maximum Gasteiger partial charge on any atom is 0.387 e. The highest BCUT2D eigenvalue weighted by molar-refractivity contribution is 5.77. The molecule has 0 aliphatic heterocycles. The number of benzene rings is 3. The molecule has 3 aromatic rings. The summed E-state index contributed by atoms with van der Waals surface area (Å²) >= 11 is 0. The molecule has 1 aliphatic carbocycles. The molecule has 0 aromatic heterocycles. The molecule has 1 fully saturated rings. The van der Waals surface area contributed by atoms with Crippen LogP contribution in [0.4, 0.5) is 8.78 Å². The predicted molar refractivity (Wildman–Crippen MR) is 114 cm³/mol. The first kappa shape index (κ1) is 20.1. The Labute approximate surface area is 175 Å². The minimum atomic E-state index is -2.82. The number of nitrogens with zero attached hydrogens (tertiary/aromatic N) is 1. The Morgan fingerprint density at radius 2 is 1.70 bits per heavy atom. The van der Waals surface area contributed by atoms with Gasteiger partial charge in [-0.2, -0.15) is 8.78 Å². The SMILES string of the molecule is Cc1c(CO/N=C/C2(c3ccc(OC(F)F)cc3)CC2)cccc1-c1ccccc1. The highest BCUT2D eigenvalue weighted by atomic mass is 19.3. The molecule has 0 saturated heterocycles. The van der Waals surface area contributed by atoms with E-state index in [1.807, 2.05) is 48.7 Å². The van der Waals surface area contributed by atoms with Crippen molar-refractivity contribution >= 4 is 6.21 Å². The van der Waals surface area contributed by atoms with Gasteiger partial charge in [-0.1, -0.05) is 65.8 Å². The Hall–Kier alpha value is -3.21. The predicted octanol–water partition coefficient (Wildman–Crippen LogP) is 6.50. The molecule has 0 spiro atoms. The zero-order valence-corrected chi connectivity index (χ0v) is 16.7. The highest BCUT2D eigenvalue weighted by Crippen LogP contribution is 2.47. The van der Waals surface area contributed by atoms with Gasteiger partial charge in [0.25, 0.3) is 0 Å². The zero-order chi connectivity index (χ0) is 21.0. The van der Waals surface area contributed by atoms with Crippen molar-refractivity contribution in [3.8, 4) is 16.9 Å². The van der Waals surface area contributed by atoms with Crippen LogP contribution in [-0.2, 0) is 16.9 Å². The maximum atomic E-state index is 12.3. The summed E-state index contributed by atoms with van der Waals surface area (Å²) in [5.41, 5.74) is 5.48. The molecule has 3 aromatic carbocycles. The molecular weight excluding hydrogens is 384 g/mol. The lowest BCUT2D eigenvalue weighted by Gasteiger charge is -2.12. The van der Waals surface area contributed by atoms with Crippen molar-refractivity contribution in [3.05, 3.63) is 89.5 Å². The van der Waals surface area contributed by atoms with Gasteiger partial charge in [-0.05, 0) is 59.7 Å². The van der Waals surface area contributed by atoms with Gasteiger partial charge in [-0.15, -0.1) is 0 Å². The van der Waals surface area contributed by atoms with E-state index in [-0.39, 0.29) is 11.2 Å². The summed E-state index contributed by atoms with van der Waals surface area (Å²) in [5, 5.41) is 4.22. The van der Waals surface area contributed by atoms with Crippen LogP contribution in [0.3, 0.4) is 0 Å². The fourth-order valence-corrected chi connectivity index (χ4v) is 3.61. The van der Waals surface area contributed by atoms with Crippen molar-refractivity contribution in [3.63, 3.8) is 0 Å². The van der Waals surface area contributed by atoms with Crippen LogP contribution in [0.5, 0.6) is 5.75 Å². The lowest BCUT2D eigenvalue weighted by molar-refractivity contribution is -0.0498. The van der Waals surface area contributed by atoms with E-state index in [0.29, 0.717) is 6.61 Å². The Morgan fingerprint density at radius 1 is 0.967 bits per heavy atom. The third-order valence-corrected chi connectivity index (χ3v) is 5.57. The maximum absolute atomic E-state index is 12.3. The standard InChI is InChI=1S/C25H23F2NO2/c1-18-20(8-5-9-23(18)19-6-3-2-4-7-19)16-29-28-17-25(14-15-25)21-10-12-22(13-11-21)30-24(26)27/h2-13,17,24H,14-16H2,1H3/b28-17+. The largest absolute Gasteiger partial charge is 0.435 e. The number of alkyl halides is 2. The van der Waals surface area contributed by atoms with E-state index in [1.54, 1.807) is 12.1 Å². The average molecular weight is 407 g/mol. The Morgan fingerprint density at radius 3 is 2.37 bits per heavy atom. The lowest BCUT2D eigenvalue weighted by atomic mass is 9.97. The summed E-state index contributed by atoms with van der Waals surface area (Å²) < 4.78 is 29.0. The summed E-state index contributed by atoms with van der Waals surface area (Å²) in [6, 6.07) is 23.2. The van der Waals surface area contributed by atoms with Gasteiger partial charge in [0, 0.05) is 5.41 Å². The Kier molecular flexibility index (Phi) is 5.79. The van der Waals surface area contributed by atoms with E-state index >= 15 is 0 Å². The highest BCUT2D eigenvalue weighted by Gasteiger charge is 2.43. The molecule has 0 unspecified atom stereocenters. The minimum Gasteiger partial charge on any atom is -0.435 e. The van der Waals surface area contributed by atoms with Crippen LogP contribution in [-0.4, -0.2) is 12.8 Å². The summed E-state index contributed by atoms with van der Waals surface area (Å²) in [6.07, 6.45) is 3.74. The van der Waals surface area contributed by atoms with E-state index in [4.69, 9.17) is 4.84 Å². The zero-order valence-electron chi connectivity index (χ0n) is 16.7. The molecule has 1 aliphatic rings. The van der Waals surface area contributed by atoms with Crippen molar-refractivity contribution in [2.45, 2.75) is 38.4 Å². The number of oxime groups is 1. The fraction of sp³-hybridized carbons (Fsp3) is 0.240. The normalized spacial score (nSPS) is 14.8. The summed E-state index contributed by atoms with van der Waals surface area (Å²) in [5.74, 6) is 0.159. The Bertz CT molecular complexity index is 1010. The van der Waals surface area contributed by atoms with Crippen LogP contribution < -0.4 is 4.74 Å². The molecular formula is C25H23F2NO2. The van der Waals surface area contributed by atoms with Crippen LogP contribution in [0.15, 0.2) is 78.0 Å². The van der Waals surface area contributed by atoms with Gasteiger partial charge < -0.3 is 9.57 Å². The smallest absolute Gasteiger partial charge is 0.387 e.